The van der Waals surface area contributed by atoms with Crippen LogP contribution in [0.5, 0.6) is 17.2 Å². The molecule has 48 heavy (non-hydrogen) atoms. The van der Waals surface area contributed by atoms with Gasteiger partial charge < -0.3 is 18.7 Å². The fourth-order valence-electron chi connectivity index (χ4n) is 5.51. The fourth-order valence-corrected chi connectivity index (χ4v) is 6.89. The van der Waals surface area contributed by atoms with E-state index >= 15 is 0 Å². The molecule has 2 unspecified atom stereocenters. The molecule has 0 saturated carbocycles. The summed E-state index contributed by atoms with van der Waals surface area (Å²) >= 11 is 1.60. The van der Waals surface area contributed by atoms with Crippen LogP contribution < -0.4 is 18.6 Å². The molecule has 10 heteroatoms. The van der Waals surface area contributed by atoms with Crippen molar-refractivity contribution in [2.75, 3.05) is 26.4 Å². The highest BCUT2D eigenvalue weighted by atomic mass is 32.1. The molecule has 1 aromatic heterocycles. The lowest BCUT2D eigenvalue weighted by atomic mass is 10.1. The largest absolute Gasteiger partial charge is 0.527 e. The summed E-state index contributed by atoms with van der Waals surface area (Å²) in [7, 11) is -4.40. The van der Waals surface area contributed by atoms with Crippen molar-refractivity contribution in [3.05, 3.63) is 83.3 Å². The van der Waals surface area contributed by atoms with Crippen molar-refractivity contribution < 1.29 is 37.3 Å². The molecule has 0 saturated heterocycles. The van der Waals surface area contributed by atoms with Crippen LogP contribution in [0.4, 0.5) is 0 Å². The van der Waals surface area contributed by atoms with Crippen molar-refractivity contribution in [1.82, 2.24) is 0 Å². The number of benzene rings is 3. The van der Waals surface area contributed by atoms with Gasteiger partial charge in [0.2, 0.25) is 5.51 Å². The molecular weight excluding hydrogens is 645 g/mol. The Bertz CT molecular complexity index is 1520. The Morgan fingerprint density at radius 1 is 0.771 bits per heavy atom. The first-order valence-corrected chi connectivity index (χ1v) is 20.0. The second-order valence-electron chi connectivity index (χ2n) is 12.1. The Morgan fingerprint density at radius 2 is 1.46 bits per heavy atom. The quantitative estimate of drug-likeness (QED) is 0.0419. The molecule has 1 N–H and O–H groups in total. The Balaban J connectivity index is 1.18. The maximum absolute atomic E-state index is 12.8. The third kappa shape index (κ3) is 14.3. The van der Waals surface area contributed by atoms with Crippen molar-refractivity contribution in [3.63, 3.8) is 0 Å². The Kier molecular flexibility index (Phi) is 16.7. The molecule has 8 nitrogen and oxygen atoms in total. The molecule has 3 aromatic carbocycles. The number of phosphoric acid groups is 1. The molecule has 0 aliphatic heterocycles. The average Bonchev–Trinajstić information content (AvgIpc) is 3.59. The van der Waals surface area contributed by atoms with E-state index in [9.17, 15) is 9.46 Å². The topological polar surface area (TPSA) is 87.3 Å². The van der Waals surface area contributed by atoms with Gasteiger partial charge in [0.05, 0.1) is 18.6 Å². The SMILES string of the molecule is CCCCCCCCCCCCCOc1ccc2ccc(OCC(COP(=O)(O)Oc3cccc(C[n+]4ccsc4)c3)OCC)cc2c1. The van der Waals surface area contributed by atoms with E-state index in [0.29, 0.717) is 25.5 Å². The van der Waals surface area contributed by atoms with Crippen molar-refractivity contribution in [3.8, 4) is 17.2 Å². The van der Waals surface area contributed by atoms with E-state index < -0.39 is 13.9 Å². The average molecular weight is 699 g/mol. The van der Waals surface area contributed by atoms with Crippen LogP contribution in [0.1, 0.15) is 90.0 Å². The lowest BCUT2D eigenvalue weighted by Gasteiger charge is -2.20. The van der Waals surface area contributed by atoms with E-state index in [-0.39, 0.29) is 19.0 Å². The van der Waals surface area contributed by atoms with Crippen molar-refractivity contribution in [2.45, 2.75) is 97.1 Å². The predicted octanol–water partition coefficient (Wildman–Crippen LogP) is 9.91. The number of nitrogens with zero attached hydrogens (tertiary/aromatic N) is 1. The second-order valence-corrected chi connectivity index (χ2v) is 14.3. The molecular formula is C38H53NO7PS+. The minimum absolute atomic E-state index is 0.141. The van der Waals surface area contributed by atoms with Crippen LogP contribution in [0.3, 0.4) is 0 Å². The number of thiazole rings is 1. The number of rotatable bonds is 25. The molecule has 1 heterocycles. The van der Waals surface area contributed by atoms with Crippen LogP contribution in [-0.4, -0.2) is 37.4 Å². The number of aromatic nitrogens is 1. The summed E-state index contributed by atoms with van der Waals surface area (Å²) in [5.74, 6) is 1.77. The first-order valence-electron chi connectivity index (χ1n) is 17.5. The number of unbranched alkanes of at least 4 members (excludes halogenated alkanes) is 10. The van der Waals surface area contributed by atoms with E-state index in [4.69, 9.17) is 23.3 Å². The maximum atomic E-state index is 12.8. The summed E-state index contributed by atoms with van der Waals surface area (Å²) in [5.41, 5.74) is 2.93. The van der Waals surface area contributed by atoms with Gasteiger partial charge in [0.25, 0.3) is 0 Å². The molecule has 0 spiro atoms. The van der Waals surface area contributed by atoms with Crippen LogP contribution in [0.2, 0.25) is 0 Å². The predicted molar refractivity (Wildman–Crippen MR) is 193 cm³/mol. The van der Waals surface area contributed by atoms with Crippen molar-refractivity contribution in [2.24, 2.45) is 0 Å². The standard InChI is InChI=1S/C38H52NO7PS/c1-3-5-6-7-8-9-10-11-12-13-14-23-43-35-20-18-33-19-21-36(27-34(33)26-35)44-29-38(42-4-2)30-45-47(40,41)46-37-17-15-16-32(25-37)28-39-22-24-48-31-39/h15-22,24-27,31,38H,3-14,23,28-30H2,1-2H3/p+1. The highest BCUT2D eigenvalue weighted by Crippen LogP contribution is 2.44. The number of phosphoric ester groups is 1. The van der Waals surface area contributed by atoms with Gasteiger partial charge in [-0.05, 0) is 60.5 Å². The van der Waals surface area contributed by atoms with E-state index in [0.717, 1.165) is 28.5 Å². The Morgan fingerprint density at radius 3 is 2.12 bits per heavy atom. The summed E-state index contributed by atoms with van der Waals surface area (Å²) in [5, 5.41) is 4.09. The van der Waals surface area contributed by atoms with Crippen molar-refractivity contribution in [1.29, 1.82) is 0 Å². The highest BCUT2D eigenvalue weighted by Gasteiger charge is 2.26. The van der Waals surface area contributed by atoms with Gasteiger partial charge >= 0.3 is 7.82 Å². The number of ether oxygens (including phenoxy) is 3. The van der Waals surface area contributed by atoms with Gasteiger partial charge in [0.1, 0.15) is 30.0 Å². The zero-order valence-corrected chi connectivity index (χ0v) is 30.3. The summed E-state index contributed by atoms with van der Waals surface area (Å²) < 4.78 is 43.3. The van der Waals surface area contributed by atoms with E-state index in [1.807, 2.05) is 65.0 Å². The third-order valence-corrected chi connectivity index (χ3v) is 9.66. The number of hydrogen-bond donors (Lipinski definition) is 1. The van der Waals surface area contributed by atoms with E-state index in [2.05, 4.69) is 13.0 Å². The van der Waals surface area contributed by atoms with E-state index in [1.54, 1.807) is 29.5 Å². The van der Waals surface area contributed by atoms with Crippen molar-refractivity contribution >= 4 is 29.9 Å². The molecule has 2 atom stereocenters. The van der Waals surface area contributed by atoms with Gasteiger partial charge in [-0.1, -0.05) is 107 Å². The summed E-state index contributed by atoms with van der Waals surface area (Å²) in [6.45, 7) is 5.83. The monoisotopic (exact) mass is 698 g/mol. The molecule has 0 aliphatic rings. The van der Waals surface area contributed by atoms with Gasteiger partial charge in [0, 0.05) is 12.2 Å². The third-order valence-electron chi connectivity index (χ3n) is 8.07. The molecule has 0 aliphatic carbocycles. The fraction of sp³-hybridized carbons (Fsp3) is 0.500. The van der Waals surface area contributed by atoms with Gasteiger partial charge in [-0.3, -0.25) is 9.42 Å². The Labute approximate surface area is 290 Å². The van der Waals surface area contributed by atoms with Crippen LogP contribution in [0, 0.1) is 0 Å². The highest BCUT2D eigenvalue weighted by molar-refractivity contribution is 7.47. The minimum Gasteiger partial charge on any atom is -0.494 e. The second kappa shape index (κ2) is 21.2. The van der Waals surface area contributed by atoms with Crippen LogP contribution in [-0.2, 0) is 20.4 Å². The van der Waals surface area contributed by atoms with Crippen LogP contribution >= 0.6 is 19.2 Å². The summed E-state index contributed by atoms with van der Waals surface area (Å²) in [4.78, 5) is 10.4. The van der Waals surface area contributed by atoms with Gasteiger partial charge in [-0.25, -0.2) is 4.57 Å². The molecule has 0 fully saturated rings. The molecule has 262 valence electrons. The first kappa shape index (κ1) is 37.9. The Hall–Kier alpha value is -2.94. The number of hydrogen-bond acceptors (Lipinski definition) is 7. The first-order chi connectivity index (χ1) is 23.4. The molecule has 0 amide bonds. The minimum atomic E-state index is -4.40. The molecule has 0 bridgehead atoms. The van der Waals surface area contributed by atoms with Gasteiger partial charge in [0.15, 0.2) is 12.7 Å². The molecule has 4 rings (SSSR count). The van der Waals surface area contributed by atoms with Crippen LogP contribution in [0.25, 0.3) is 10.8 Å². The smallest absolute Gasteiger partial charge is 0.494 e. The zero-order chi connectivity index (χ0) is 33.9. The maximum Gasteiger partial charge on any atom is 0.527 e. The lowest BCUT2D eigenvalue weighted by Crippen LogP contribution is -2.30. The summed E-state index contributed by atoms with van der Waals surface area (Å²) in [6, 6.07) is 19.1. The molecule has 4 aromatic rings. The van der Waals surface area contributed by atoms with E-state index in [1.165, 1.54) is 64.2 Å². The number of fused-ring (bicyclic) bond motifs is 1. The van der Waals surface area contributed by atoms with Gasteiger partial charge in [-0.15, -0.1) is 0 Å². The van der Waals surface area contributed by atoms with Gasteiger partial charge in [-0.2, -0.15) is 4.57 Å². The normalized spacial score (nSPS) is 13.3. The van der Waals surface area contributed by atoms with Crippen LogP contribution in [0.15, 0.2) is 77.8 Å². The molecule has 0 radical (unpaired) electrons. The zero-order valence-electron chi connectivity index (χ0n) is 28.6. The lowest BCUT2D eigenvalue weighted by molar-refractivity contribution is -0.683. The summed E-state index contributed by atoms with van der Waals surface area (Å²) in [6.07, 6.45) is 15.8.